The van der Waals surface area contributed by atoms with Gasteiger partial charge in [-0.05, 0) is 0 Å². The average molecular weight is 228 g/mol. The smallest absolute Gasteiger partial charge is 0.186 e. The highest BCUT2D eigenvalue weighted by Crippen LogP contribution is 2.26. The molecule has 1 fully saturated rings. The van der Waals surface area contributed by atoms with Crippen molar-refractivity contribution >= 4 is 22.8 Å². The molecule has 15 heavy (non-hydrogen) atoms. The minimum absolute atomic E-state index is 0.129. The van der Waals surface area contributed by atoms with Gasteiger partial charge in [0.05, 0.1) is 24.7 Å². The van der Waals surface area contributed by atoms with Crippen LogP contribution in [0.5, 0.6) is 0 Å². The molecule has 1 N–H and O–H groups in total. The minimum atomic E-state index is -0.129. The number of morpholine rings is 1. The lowest BCUT2D eigenvalue weighted by Crippen LogP contribution is -2.36. The number of thiazole rings is 1. The van der Waals surface area contributed by atoms with Gasteiger partial charge in [0.1, 0.15) is 5.69 Å². The minimum Gasteiger partial charge on any atom is -0.391 e. The van der Waals surface area contributed by atoms with Crippen LogP contribution in [0.1, 0.15) is 15.4 Å². The Hall–Kier alpha value is -0.980. The number of carbonyl (C=O) groups is 1. The largest absolute Gasteiger partial charge is 0.391 e. The van der Waals surface area contributed by atoms with E-state index in [9.17, 15) is 4.79 Å². The number of carbonyl (C=O) groups excluding carboxylic acids is 1. The quantitative estimate of drug-likeness (QED) is 0.753. The number of aldehydes is 1. The van der Waals surface area contributed by atoms with Crippen LogP contribution in [-0.2, 0) is 11.3 Å². The molecule has 0 spiro atoms. The second kappa shape index (κ2) is 4.69. The summed E-state index contributed by atoms with van der Waals surface area (Å²) in [6, 6.07) is 0. The highest BCUT2D eigenvalue weighted by Gasteiger charge is 2.17. The molecule has 2 rings (SSSR count). The molecule has 6 heteroatoms. The Balaban J connectivity index is 2.19. The number of ether oxygens (including phenoxy) is 1. The van der Waals surface area contributed by atoms with Crippen LogP contribution in [0.2, 0.25) is 0 Å². The zero-order valence-electron chi connectivity index (χ0n) is 8.18. The molecule has 2 heterocycles. The number of aliphatic hydroxyl groups excluding tert-OH is 1. The highest BCUT2D eigenvalue weighted by atomic mass is 32.1. The molecule has 0 bridgehead atoms. The number of anilines is 1. The lowest BCUT2D eigenvalue weighted by molar-refractivity contribution is 0.111. The summed E-state index contributed by atoms with van der Waals surface area (Å²) in [5.41, 5.74) is 0.351. The molecule has 0 saturated carbocycles. The summed E-state index contributed by atoms with van der Waals surface area (Å²) in [6.45, 7) is 2.82. The SMILES string of the molecule is O=Cc1nc(N2CCOCC2)sc1CO. The summed E-state index contributed by atoms with van der Waals surface area (Å²) >= 11 is 1.37. The van der Waals surface area contributed by atoms with Gasteiger partial charge >= 0.3 is 0 Å². The molecule has 82 valence electrons. The van der Waals surface area contributed by atoms with Crippen LogP contribution in [0.25, 0.3) is 0 Å². The first-order chi connectivity index (χ1) is 7.35. The fourth-order valence-corrected chi connectivity index (χ4v) is 2.38. The van der Waals surface area contributed by atoms with Crippen LogP contribution < -0.4 is 4.90 Å². The maximum absolute atomic E-state index is 10.7. The van der Waals surface area contributed by atoms with Crippen molar-refractivity contribution in [1.29, 1.82) is 0 Å². The highest BCUT2D eigenvalue weighted by molar-refractivity contribution is 7.15. The van der Waals surface area contributed by atoms with E-state index in [1.165, 1.54) is 11.3 Å². The van der Waals surface area contributed by atoms with Crippen LogP contribution in [0.3, 0.4) is 0 Å². The molecule has 0 amide bonds. The van der Waals surface area contributed by atoms with Crippen molar-refractivity contribution in [3.8, 4) is 0 Å². The van der Waals surface area contributed by atoms with Crippen LogP contribution in [0, 0.1) is 0 Å². The third-order valence-electron chi connectivity index (χ3n) is 2.25. The first-order valence-electron chi connectivity index (χ1n) is 4.73. The van der Waals surface area contributed by atoms with Crippen molar-refractivity contribution in [3.63, 3.8) is 0 Å². The molecule has 0 aliphatic carbocycles. The predicted octanol–water partition coefficient (Wildman–Crippen LogP) is 0.285. The number of aliphatic hydroxyl groups is 1. The van der Waals surface area contributed by atoms with Crippen molar-refractivity contribution in [2.24, 2.45) is 0 Å². The Bertz CT molecular complexity index is 347. The fraction of sp³-hybridized carbons (Fsp3) is 0.556. The second-order valence-electron chi connectivity index (χ2n) is 3.18. The third-order valence-corrected chi connectivity index (χ3v) is 3.37. The van der Waals surface area contributed by atoms with Gasteiger partial charge in [0.15, 0.2) is 11.4 Å². The van der Waals surface area contributed by atoms with Crippen molar-refractivity contribution in [2.75, 3.05) is 31.2 Å². The molecule has 1 aliphatic rings. The molecule has 0 aromatic carbocycles. The molecule has 1 saturated heterocycles. The number of aromatic nitrogens is 1. The van der Waals surface area contributed by atoms with E-state index in [0.717, 1.165) is 18.2 Å². The number of hydrogen-bond donors (Lipinski definition) is 1. The van der Waals surface area contributed by atoms with Crippen LogP contribution >= 0.6 is 11.3 Å². The van der Waals surface area contributed by atoms with Gasteiger partial charge in [0.25, 0.3) is 0 Å². The summed E-state index contributed by atoms with van der Waals surface area (Å²) < 4.78 is 5.23. The van der Waals surface area contributed by atoms with E-state index in [0.29, 0.717) is 30.1 Å². The van der Waals surface area contributed by atoms with Crippen LogP contribution in [-0.4, -0.2) is 42.7 Å². The topological polar surface area (TPSA) is 62.7 Å². The van der Waals surface area contributed by atoms with E-state index in [4.69, 9.17) is 9.84 Å². The lowest BCUT2D eigenvalue weighted by atomic mass is 10.4. The summed E-state index contributed by atoms with van der Waals surface area (Å²) in [7, 11) is 0. The molecule has 0 atom stereocenters. The van der Waals surface area contributed by atoms with E-state index >= 15 is 0 Å². The zero-order chi connectivity index (χ0) is 10.7. The maximum Gasteiger partial charge on any atom is 0.186 e. The van der Waals surface area contributed by atoms with E-state index < -0.39 is 0 Å². The second-order valence-corrected chi connectivity index (χ2v) is 4.24. The molecule has 5 nitrogen and oxygen atoms in total. The third kappa shape index (κ3) is 2.17. The Morgan fingerprint density at radius 3 is 2.80 bits per heavy atom. The molecule has 0 radical (unpaired) electrons. The zero-order valence-corrected chi connectivity index (χ0v) is 9.00. The van der Waals surface area contributed by atoms with Gasteiger partial charge in [0, 0.05) is 13.1 Å². The van der Waals surface area contributed by atoms with E-state index in [1.54, 1.807) is 0 Å². The van der Waals surface area contributed by atoms with Gasteiger partial charge in [0.2, 0.25) is 0 Å². The van der Waals surface area contributed by atoms with E-state index in [1.807, 2.05) is 0 Å². The molecule has 1 aliphatic heterocycles. The standard InChI is InChI=1S/C9H12N2O3S/c12-5-7-8(6-13)15-9(10-7)11-1-3-14-4-2-11/h5,13H,1-4,6H2. The Morgan fingerprint density at radius 2 is 2.27 bits per heavy atom. The summed E-state index contributed by atoms with van der Waals surface area (Å²) in [5, 5.41) is 9.83. The normalized spacial score (nSPS) is 16.7. The van der Waals surface area contributed by atoms with Gasteiger partial charge in [-0.15, -0.1) is 0 Å². The first-order valence-corrected chi connectivity index (χ1v) is 5.55. The van der Waals surface area contributed by atoms with Crippen LogP contribution in [0.4, 0.5) is 5.13 Å². The van der Waals surface area contributed by atoms with Gasteiger partial charge in [-0.25, -0.2) is 4.98 Å². The lowest BCUT2D eigenvalue weighted by Gasteiger charge is -2.25. The molecule has 1 aromatic heterocycles. The Kier molecular flexibility index (Phi) is 3.30. The first kappa shape index (κ1) is 10.5. The number of nitrogens with zero attached hydrogens (tertiary/aromatic N) is 2. The van der Waals surface area contributed by atoms with Gasteiger partial charge in [-0.2, -0.15) is 0 Å². The number of hydrogen-bond acceptors (Lipinski definition) is 6. The van der Waals surface area contributed by atoms with Gasteiger partial charge in [-0.3, -0.25) is 4.79 Å². The van der Waals surface area contributed by atoms with Crippen LogP contribution in [0.15, 0.2) is 0 Å². The van der Waals surface area contributed by atoms with Gasteiger partial charge in [-0.1, -0.05) is 11.3 Å². The maximum atomic E-state index is 10.7. The summed E-state index contributed by atoms with van der Waals surface area (Å²) in [4.78, 5) is 17.6. The Morgan fingerprint density at radius 1 is 1.53 bits per heavy atom. The van der Waals surface area contributed by atoms with E-state index in [2.05, 4.69) is 9.88 Å². The fourth-order valence-electron chi connectivity index (χ4n) is 1.45. The summed E-state index contributed by atoms with van der Waals surface area (Å²) in [6.07, 6.45) is 0.687. The number of rotatable bonds is 3. The molecule has 0 unspecified atom stereocenters. The molecular weight excluding hydrogens is 216 g/mol. The molecular formula is C9H12N2O3S. The van der Waals surface area contributed by atoms with Crippen molar-refractivity contribution in [3.05, 3.63) is 10.6 Å². The Labute approximate surface area is 91.3 Å². The monoisotopic (exact) mass is 228 g/mol. The average Bonchev–Trinajstić information content (AvgIpc) is 2.73. The van der Waals surface area contributed by atoms with Gasteiger partial charge < -0.3 is 14.7 Å². The summed E-state index contributed by atoms with van der Waals surface area (Å²) in [5.74, 6) is 0. The predicted molar refractivity (Wildman–Crippen MR) is 56.5 cm³/mol. The van der Waals surface area contributed by atoms with E-state index in [-0.39, 0.29) is 6.61 Å². The molecule has 1 aromatic rings. The van der Waals surface area contributed by atoms with Crippen molar-refractivity contribution in [1.82, 2.24) is 4.98 Å². The van der Waals surface area contributed by atoms with Crippen molar-refractivity contribution < 1.29 is 14.6 Å². The van der Waals surface area contributed by atoms with Crippen molar-refractivity contribution in [2.45, 2.75) is 6.61 Å².